The highest BCUT2D eigenvalue weighted by Crippen LogP contribution is 2.42. The molecule has 1 saturated carbocycles. The van der Waals surface area contributed by atoms with Crippen molar-refractivity contribution in [2.24, 2.45) is 0 Å². The van der Waals surface area contributed by atoms with Crippen LogP contribution in [0.25, 0.3) is 0 Å². The highest BCUT2D eigenvalue weighted by atomic mass is 32.2. The number of carbonyl (C=O) groups excluding carboxylic acids is 1. The normalized spacial score (nSPS) is 21.4. The molecule has 1 aliphatic carbocycles. The minimum absolute atomic E-state index is 0.210. The van der Waals surface area contributed by atoms with Crippen molar-refractivity contribution in [1.29, 1.82) is 0 Å². The van der Waals surface area contributed by atoms with E-state index in [1.807, 2.05) is 0 Å². The molecule has 2 aliphatic rings. The van der Waals surface area contributed by atoms with Gasteiger partial charge in [0, 0.05) is 12.5 Å². The lowest BCUT2D eigenvalue weighted by Gasteiger charge is -2.22. The molecule has 0 bridgehead atoms. The summed E-state index contributed by atoms with van der Waals surface area (Å²) in [5.74, 6) is 0.139. The molecule has 1 amide bonds. The van der Waals surface area contributed by atoms with Gasteiger partial charge in [0.05, 0.1) is 4.90 Å². The van der Waals surface area contributed by atoms with Gasteiger partial charge in [0.15, 0.2) is 0 Å². The Morgan fingerprint density at radius 3 is 2.64 bits per heavy atom. The fourth-order valence-electron chi connectivity index (χ4n) is 2.99. The number of carbonyl (C=O) groups is 1. The van der Waals surface area contributed by atoms with Gasteiger partial charge < -0.3 is 0 Å². The van der Waals surface area contributed by atoms with Crippen molar-refractivity contribution in [3.63, 3.8) is 0 Å². The summed E-state index contributed by atoms with van der Waals surface area (Å²) in [6, 6.07) is 7.51. The number of benzene rings is 1. The second-order valence-electron chi connectivity index (χ2n) is 6.30. The fourth-order valence-corrected chi connectivity index (χ4v) is 5.58. The van der Waals surface area contributed by atoms with Crippen LogP contribution in [0.5, 0.6) is 0 Å². The number of aromatic nitrogens is 2. The topological polar surface area (TPSA) is 92.3 Å². The number of nitrogens with one attached hydrogen (secondary N) is 1. The molecule has 2 fully saturated rings. The Labute approximate surface area is 150 Å². The molecule has 1 aromatic carbocycles. The third kappa shape index (κ3) is 3.31. The van der Waals surface area contributed by atoms with Crippen LogP contribution in [-0.2, 0) is 14.8 Å². The first-order valence-corrected chi connectivity index (χ1v) is 10.5. The molecule has 1 N–H and O–H groups in total. The van der Waals surface area contributed by atoms with Crippen molar-refractivity contribution in [2.45, 2.75) is 42.5 Å². The largest absolute Gasteiger partial charge is 0.299 e. The predicted octanol–water partition coefficient (Wildman–Crippen LogP) is 2.21. The molecule has 0 unspecified atom stereocenters. The number of hydrogen-bond acceptors (Lipinski definition) is 6. The Kier molecular flexibility index (Phi) is 4.30. The molecule has 2 aromatic rings. The van der Waals surface area contributed by atoms with Gasteiger partial charge in [0.2, 0.25) is 21.1 Å². The first-order chi connectivity index (χ1) is 12.1. The molecule has 132 valence electrons. The SMILES string of the molecule is O=C(Nc1nnc(C2CC2)s1)[C@@H]1CCCN1S(=O)(=O)c1ccccc1. The van der Waals surface area contributed by atoms with Crippen LogP contribution in [0.3, 0.4) is 0 Å². The zero-order valence-corrected chi connectivity index (χ0v) is 15.1. The van der Waals surface area contributed by atoms with Crippen molar-refractivity contribution in [3.8, 4) is 0 Å². The van der Waals surface area contributed by atoms with Crippen molar-refractivity contribution >= 4 is 32.4 Å². The van der Waals surface area contributed by atoms with Gasteiger partial charge in [-0.3, -0.25) is 10.1 Å². The van der Waals surface area contributed by atoms with E-state index in [9.17, 15) is 13.2 Å². The first-order valence-electron chi connectivity index (χ1n) is 8.27. The van der Waals surface area contributed by atoms with Crippen molar-refractivity contribution in [3.05, 3.63) is 35.3 Å². The second kappa shape index (κ2) is 6.47. The molecule has 1 saturated heterocycles. The number of rotatable bonds is 5. The lowest BCUT2D eigenvalue weighted by Crippen LogP contribution is -2.43. The molecule has 25 heavy (non-hydrogen) atoms. The zero-order valence-electron chi connectivity index (χ0n) is 13.5. The van der Waals surface area contributed by atoms with E-state index >= 15 is 0 Å². The Morgan fingerprint density at radius 2 is 1.92 bits per heavy atom. The van der Waals surface area contributed by atoms with Crippen LogP contribution in [0.15, 0.2) is 35.2 Å². The minimum Gasteiger partial charge on any atom is -0.299 e. The van der Waals surface area contributed by atoms with E-state index < -0.39 is 16.1 Å². The van der Waals surface area contributed by atoms with Gasteiger partial charge >= 0.3 is 0 Å². The lowest BCUT2D eigenvalue weighted by atomic mass is 10.2. The fraction of sp³-hybridized carbons (Fsp3) is 0.438. The standard InChI is InChI=1S/C16H18N4O3S2/c21-14(17-16-19-18-15(24-16)11-8-9-11)13-7-4-10-20(13)25(22,23)12-5-2-1-3-6-12/h1-3,5-6,11,13H,4,7-10H2,(H,17,19,21)/t13-/m0/s1. The summed E-state index contributed by atoms with van der Waals surface area (Å²) in [4.78, 5) is 12.8. The van der Waals surface area contributed by atoms with Crippen LogP contribution < -0.4 is 5.32 Å². The van der Waals surface area contributed by atoms with Crippen LogP contribution in [0.4, 0.5) is 5.13 Å². The average molecular weight is 378 g/mol. The molecule has 0 spiro atoms. The van der Waals surface area contributed by atoms with Crippen molar-refractivity contribution < 1.29 is 13.2 Å². The molecular weight excluding hydrogens is 360 g/mol. The predicted molar refractivity (Wildman–Crippen MR) is 93.9 cm³/mol. The number of anilines is 1. The maximum atomic E-state index is 12.8. The molecule has 0 radical (unpaired) electrons. The van der Waals surface area contributed by atoms with Crippen LogP contribution >= 0.6 is 11.3 Å². The van der Waals surface area contributed by atoms with Gasteiger partial charge in [-0.2, -0.15) is 4.31 Å². The molecule has 1 atom stereocenters. The van der Waals surface area contributed by atoms with E-state index in [1.54, 1.807) is 30.3 Å². The Hall–Kier alpha value is -1.84. The number of hydrogen-bond donors (Lipinski definition) is 1. The summed E-state index contributed by atoms with van der Waals surface area (Å²) in [6.07, 6.45) is 3.41. The first kappa shape index (κ1) is 16.6. The summed E-state index contributed by atoms with van der Waals surface area (Å²) < 4.78 is 26.9. The summed E-state index contributed by atoms with van der Waals surface area (Å²) in [7, 11) is -3.68. The Morgan fingerprint density at radius 1 is 1.16 bits per heavy atom. The second-order valence-corrected chi connectivity index (χ2v) is 9.20. The summed E-state index contributed by atoms with van der Waals surface area (Å²) >= 11 is 1.37. The van der Waals surface area contributed by atoms with Gasteiger partial charge in [-0.1, -0.05) is 29.5 Å². The van der Waals surface area contributed by atoms with Gasteiger partial charge in [0.1, 0.15) is 11.0 Å². The zero-order chi connectivity index (χ0) is 17.4. The third-order valence-corrected chi connectivity index (χ3v) is 7.38. The quantitative estimate of drug-likeness (QED) is 0.861. The van der Waals surface area contributed by atoms with Crippen molar-refractivity contribution in [2.75, 3.05) is 11.9 Å². The number of sulfonamides is 1. The van der Waals surface area contributed by atoms with E-state index in [-0.39, 0.29) is 10.8 Å². The van der Waals surface area contributed by atoms with Gasteiger partial charge in [0.25, 0.3) is 0 Å². The van der Waals surface area contributed by atoms with Gasteiger partial charge in [-0.25, -0.2) is 8.42 Å². The molecule has 4 rings (SSSR count). The molecule has 1 aliphatic heterocycles. The van der Waals surface area contributed by atoms with Crippen LogP contribution in [0.2, 0.25) is 0 Å². The smallest absolute Gasteiger partial charge is 0.244 e. The highest BCUT2D eigenvalue weighted by Gasteiger charge is 2.39. The Balaban J connectivity index is 1.51. The maximum Gasteiger partial charge on any atom is 0.244 e. The van der Waals surface area contributed by atoms with Crippen LogP contribution in [0.1, 0.15) is 36.6 Å². The van der Waals surface area contributed by atoms with Crippen LogP contribution in [-0.4, -0.2) is 41.4 Å². The summed E-state index contributed by atoms with van der Waals surface area (Å²) in [6.45, 7) is 0.346. The maximum absolute atomic E-state index is 12.8. The average Bonchev–Trinajstić information content (AvgIpc) is 3.15. The summed E-state index contributed by atoms with van der Waals surface area (Å²) in [5.41, 5.74) is 0. The number of amides is 1. The van der Waals surface area contributed by atoms with E-state index in [4.69, 9.17) is 0 Å². The Bertz CT molecular complexity index is 878. The highest BCUT2D eigenvalue weighted by molar-refractivity contribution is 7.89. The minimum atomic E-state index is -3.68. The molecule has 7 nitrogen and oxygen atoms in total. The van der Waals surface area contributed by atoms with E-state index in [1.165, 1.54) is 15.6 Å². The van der Waals surface area contributed by atoms with Crippen molar-refractivity contribution in [1.82, 2.24) is 14.5 Å². The van der Waals surface area contributed by atoms with Gasteiger partial charge in [-0.05, 0) is 37.8 Å². The monoisotopic (exact) mass is 378 g/mol. The summed E-state index contributed by atoms with van der Waals surface area (Å²) in [5, 5.41) is 12.2. The molecule has 2 heterocycles. The van der Waals surface area contributed by atoms with E-state index in [2.05, 4.69) is 15.5 Å². The molecular formula is C16H18N4O3S2. The van der Waals surface area contributed by atoms with Gasteiger partial charge in [-0.15, -0.1) is 10.2 Å². The third-order valence-electron chi connectivity index (χ3n) is 4.45. The van der Waals surface area contributed by atoms with E-state index in [0.29, 0.717) is 30.4 Å². The van der Waals surface area contributed by atoms with E-state index in [0.717, 1.165) is 17.8 Å². The molecule has 1 aromatic heterocycles. The molecule has 9 heteroatoms. The lowest BCUT2D eigenvalue weighted by molar-refractivity contribution is -0.119. The number of nitrogens with zero attached hydrogens (tertiary/aromatic N) is 3. The van der Waals surface area contributed by atoms with Crippen LogP contribution in [0, 0.1) is 0 Å².